The first-order valence-corrected chi connectivity index (χ1v) is 12.8. The number of ether oxygens (including phenoxy) is 2. The van der Waals surface area contributed by atoms with Crippen LogP contribution in [0.1, 0.15) is 6.92 Å². The van der Waals surface area contributed by atoms with Crippen LogP contribution in [-0.2, 0) is 19.1 Å². The van der Waals surface area contributed by atoms with E-state index in [9.17, 15) is 34.9 Å². The van der Waals surface area contributed by atoms with E-state index in [-0.39, 0.29) is 44.5 Å². The molecule has 3 N–H and O–H groups in total. The Kier molecular flexibility index (Phi) is 6.61. The zero-order valence-electron chi connectivity index (χ0n) is 19.7. The largest absolute Gasteiger partial charge is 0.501 e. The number of nitro groups is 2. The molecule has 2 aromatic heterocycles. The molecule has 1 aliphatic rings. The number of aliphatic hydroxyl groups is 1. The number of fused-ring (bicyclic) bond motifs is 2. The molecule has 3 heterocycles. The van der Waals surface area contributed by atoms with E-state index in [2.05, 4.69) is 19.9 Å². The number of hydrogen-bond donors (Lipinski definition) is 3. The number of nitrogens with zero attached hydrogens (tertiary/aromatic N) is 4. The van der Waals surface area contributed by atoms with Crippen LogP contribution >= 0.6 is 23.5 Å². The summed E-state index contributed by atoms with van der Waals surface area (Å²) in [4.78, 5) is 61.0. The second kappa shape index (κ2) is 9.91. The molecule has 0 saturated heterocycles. The van der Waals surface area contributed by atoms with Crippen molar-refractivity contribution in [1.29, 1.82) is 0 Å². The van der Waals surface area contributed by atoms with Gasteiger partial charge in [-0.2, -0.15) is 0 Å². The molecule has 0 bridgehead atoms. The predicted octanol–water partition coefficient (Wildman–Crippen LogP) is 3.77. The molecule has 0 aliphatic carbocycles. The predicted molar refractivity (Wildman–Crippen MR) is 137 cm³/mol. The van der Waals surface area contributed by atoms with E-state index in [1.807, 2.05) is 0 Å². The summed E-state index contributed by atoms with van der Waals surface area (Å²) < 4.78 is 10.6. The number of thioether (sulfide) groups is 2. The van der Waals surface area contributed by atoms with Crippen molar-refractivity contribution >= 4 is 68.9 Å². The van der Waals surface area contributed by atoms with Crippen LogP contribution in [-0.4, -0.2) is 64.8 Å². The first-order valence-electron chi connectivity index (χ1n) is 11.0. The van der Waals surface area contributed by atoms with E-state index >= 15 is 0 Å². The van der Waals surface area contributed by atoms with Crippen molar-refractivity contribution in [3.63, 3.8) is 0 Å². The Balaban J connectivity index is 1.48. The summed E-state index contributed by atoms with van der Waals surface area (Å²) in [5.41, 5.74) is -0.903. The molecule has 0 amide bonds. The number of aromatic amines is 2. The van der Waals surface area contributed by atoms with Crippen molar-refractivity contribution in [3.05, 3.63) is 67.3 Å². The molecule has 0 radical (unpaired) electrons. The minimum absolute atomic E-state index is 0.0515. The van der Waals surface area contributed by atoms with E-state index in [4.69, 9.17) is 9.47 Å². The topological polar surface area (TPSA) is 216 Å². The van der Waals surface area contributed by atoms with Gasteiger partial charge >= 0.3 is 11.9 Å². The van der Waals surface area contributed by atoms with Gasteiger partial charge in [0.2, 0.25) is 5.76 Å². The van der Waals surface area contributed by atoms with E-state index < -0.39 is 33.1 Å². The Morgan fingerprint density at radius 3 is 2.18 bits per heavy atom. The van der Waals surface area contributed by atoms with Gasteiger partial charge in [-0.3, -0.25) is 20.2 Å². The monoisotopic (exact) mass is 572 g/mol. The SMILES string of the molecule is CCOC(=O)C1(CSc2nc3cc([N+](=O)[O-])ccc3[nH]2)OC(=O)C(O)=C1Sc1nc2cc([N+](=O)[O-])ccc2[nH]1. The number of hydrogen-bond acceptors (Lipinski definition) is 13. The molecule has 200 valence electrons. The van der Waals surface area contributed by atoms with Crippen LogP contribution in [0, 0.1) is 20.2 Å². The number of benzene rings is 2. The summed E-state index contributed by atoms with van der Waals surface area (Å²) in [5, 5.41) is 33.2. The average Bonchev–Trinajstić information content (AvgIpc) is 3.57. The number of rotatable bonds is 9. The highest BCUT2D eigenvalue weighted by Crippen LogP contribution is 2.46. The quantitative estimate of drug-likeness (QED) is 0.113. The van der Waals surface area contributed by atoms with Crippen LogP contribution in [0.3, 0.4) is 0 Å². The fourth-order valence-electron chi connectivity index (χ4n) is 3.76. The lowest BCUT2D eigenvalue weighted by Crippen LogP contribution is -2.44. The molecule has 5 rings (SSSR count). The van der Waals surface area contributed by atoms with Gasteiger partial charge < -0.3 is 24.5 Å². The number of carbonyl (C=O) groups is 2. The summed E-state index contributed by atoms with van der Waals surface area (Å²) in [6.07, 6.45) is 0. The van der Waals surface area contributed by atoms with E-state index in [1.165, 1.54) is 36.4 Å². The number of H-pyrrole nitrogens is 2. The summed E-state index contributed by atoms with van der Waals surface area (Å²) >= 11 is 1.70. The molecule has 4 aromatic rings. The maximum Gasteiger partial charge on any atom is 0.375 e. The van der Waals surface area contributed by atoms with Gasteiger partial charge in [-0.05, 0) is 30.8 Å². The highest BCUT2D eigenvalue weighted by Gasteiger charge is 2.56. The second-order valence-corrected chi connectivity index (χ2v) is 9.97. The minimum Gasteiger partial charge on any atom is -0.501 e. The highest BCUT2D eigenvalue weighted by molar-refractivity contribution is 8.03. The van der Waals surface area contributed by atoms with Crippen LogP contribution in [0.2, 0.25) is 0 Å². The molecular weight excluding hydrogens is 556 g/mol. The van der Waals surface area contributed by atoms with Crippen LogP contribution < -0.4 is 0 Å². The molecule has 1 unspecified atom stereocenters. The Morgan fingerprint density at radius 1 is 1.05 bits per heavy atom. The minimum atomic E-state index is -2.08. The molecule has 39 heavy (non-hydrogen) atoms. The number of aliphatic hydroxyl groups excluding tert-OH is 1. The molecular formula is C22H16N6O9S2. The zero-order chi connectivity index (χ0) is 27.9. The van der Waals surface area contributed by atoms with Crippen molar-refractivity contribution in [2.75, 3.05) is 12.4 Å². The maximum absolute atomic E-state index is 13.2. The van der Waals surface area contributed by atoms with Crippen molar-refractivity contribution in [2.45, 2.75) is 22.8 Å². The van der Waals surface area contributed by atoms with Gasteiger partial charge in [-0.15, -0.1) is 0 Å². The van der Waals surface area contributed by atoms with Gasteiger partial charge in [0.05, 0.1) is 49.2 Å². The third-order valence-electron chi connectivity index (χ3n) is 5.57. The van der Waals surface area contributed by atoms with Crippen LogP contribution in [0.5, 0.6) is 0 Å². The van der Waals surface area contributed by atoms with Crippen LogP contribution in [0.15, 0.2) is 57.4 Å². The molecule has 0 spiro atoms. The third-order valence-corrected chi connectivity index (χ3v) is 7.70. The van der Waals surface area contributed by atoms with Crippen molar-refractivity contribution in [1.82, 2.24) is 19.9 Å². The summed E-state index contributed by atoms with van der Waals surface area (Å²) in [7, 11) is 0. The number of non-ortho nitro benzene ring substituents is 2. The van der Waals surface area contributed by atoms with E-state index in [0.29, 0.717) is 16.6 Å². The number of nitro benzene ring substituents is 2. The van der Waals surface area contributed by atoms with Gasteiger partial charge in [-0.25, -0.2) is 19.6 Å². The first kappa shape index (κ1) is 26.0. The number of esters is 2. The molecule has 1 atom stereocenters. The standard InChI is InChI=1S/C22H16N6O9S2/c1-2-36-19(31)22(9-38-20-23-12-5-3-10(27(32)33)7-14(12)25-20)17(16(29)18(30)37-22)39-21-24-13-6-4-11(28(34)35)8-15(13)26-21/h3-8,29H,2,9H2,1H3,(H,23,25)(H,24,26). The Labute approximate surface area is 225 Å². The average molecular weight is 573 g/mol. The van der Waals surface area contributed by atoms with Crippen molar-refractivity contribution in [2.24, 2.45) is 0 Å². The number of cyclic esters (lactones) is 1. The Bertz CT molecular complexity index is 1710. The highest BCUT2D eigenvalue weighted by atomic mass is 32.2. The van der Waals surface area contributed by atoms with Crippen LogP contribution in [0.25, 0.3) is 22.1 Å². The molecule has 17 heteroatoms. The second-order valence-electron chi connectivity index (χ2n) is 8.01. The number of aromatic nitrogens is 4. The van der Waals surface area contributed by atoms with Gasteiger partial charge in [0.15, 0.2) is 10.3 Å². The normalized spacial score (nSPS) is 17.1. The molecule has 15 nitrogen and oxygen atoms in total. The summed E-state index contributed by atoms with van der Waals surface area (Å²) in [5.74, 6) is -3.20. The van der Waals surface area contributed by atoms with Crippen molar-refractivity contribution < 1.29 is 34.0 Å². The first-order chi connectivity index (χ1) is 18.6. The van der Waals surface area contributed by atoms with Gasteiger partial charge in [0.1, 0.15) is 0 Å². The Hall–Kier alpha value is -4.64. The lowest BCUT2D eigenvalue weighted by molar-refractivity contribution is -0.384. The van der Waals surface area contributed by atoms with Gasteiger partial charge in [-0.1, -0.05) is 11.8 Å². The van der Waals surface area contributed by atoms with Crippen molar-refractivity contribution in [3.8, 4) is 0 Å². The number of carbonyl (C=O) groups excluding carboxylic acids is 2. The summed E-state index contributed by atoms with van der Waals surface area (Å²) in [6, 6.07) is 8.07. The number of imidazole rings is 2. The third kappa shape index (κ3) is 4.72. The Morgan fingerprint density at radius 2 is 1.62 bits per heavy atom. The van der Waals surface area contributed by atoms with E-state index in [1.54, 1.807) is 6.92 Å². The molecule has 0 saturated carbocycles. The number of nitrogens with one attached hydrogen (secondary N) is 2. The fourth-order valence-corrected chi connectivity index (χ4v) is 5.89. The van der Waals surface area contributed by atoms with Gasteiger partial charge in [0.25, 0.3) is 17.0 Å². The lowest BCUT2D eigenvalue weighted by Gasteiger charge is -2.26. The summed E-state index contributed by atoms with van der Waals surface area (Å²) in [6.45, 7) is 1.51. The molecule has 1 aliphatic heterocycles. The molecule has 0 fully saturated rings. The zero-order valence-corrected chi connectivity index (χ0v) is 21.3. The smallest absolute Gasteiger partial charge is 0.375 e. The van der Waals surface area contributed by atoms with Gasteiger partial charge in [0, 0.05) is 24.3 Å². The lowest BCUT2D eigenvalue weighted by atomic mass is 10.1. The maximum atomic E-state index is 13.2. The van der Waals surface area contributed by atoms with Crippen LogP contribution in [0.4, 0.5) is 11.4 Å². The van der Waals surface area contributed by atoms with E-state index in [0.717, 1.165) is 23.5 Å². The molecule has 2 aromatic carbocycles. The fraction of sp³-hybridized carbons (Fsp3) is 0.182.